The second-order valence-electron chi connectivity index (χ2n) is 5.45. The molecule has 0 atom stereocenters. The smallest absolute Gasteiger partial charge is 0.223 e. The fourth-order valence-corrected chi connectivity index (χ4v) is 2.53. The van der Waals surface area contributed by atoms with E-state index in [1.807, 2.05) is 12.3 Å². The Morgan fingerprint density at radius 2 is 2.15 bits per heavy atom. The fraction of sp³-hybridized carbons (Fsp3) is 0.412. The summed E-state index contributed by atoms with van der Waals surface area (Å²) in [6.45, 7) is 3.05. The largest absolute Gasteiger partial charge is 0.354 e. The molecule has 1 aromatic heterocycles. The maximum absolute atomic E-state index is 4.60. The van der Waals surface area contributed by atoms with Gasteiger partial charge in [-0.05, 0) is 42.9 Å². The van der Waals surface area contributed by atoms with E-state index in [1.165, 1.54) is 30.4 Å². The Hall–Kier alpha value is -1.90. The average molecular weight is 267 g/mol. The van der Waals surface area contributed by atoms with Crippen LogP contribution in [0.15, 0.2) is 36.5 Å². The van der Waals surface area contributed by atoms with Crippen LogP contribution in [0, 0.1) is 0 Å². The Balaban J connectivity index is 1.84. The standard InChI is InChI=1S/C17H21N3/c1-2-10-18-17-19-11-9-16(20-17)15-8-4-7-14(12-15)13-5-3-6-13/h4,7-9,11-13H,2-3,5-6,10H2,1H3,(H,18,19,20). The summed E-state index contributed by atoms with van der Waals surface area (Å²) >= 11 is 0. The molecule has 0 radical (unpaired) electrons. The molecule has 1 heterocycles. The lowest BCUT2D eigenvalue weighted by molar-refractivity contribution is 0.420. The Morgan fingerprint density at radius 1 is 1.25 bits per heavy atom. The topological polar surface area (TPSA) is 37.8 Å². The molecule has 3 heteroatoms. The highest BCUT2D eigenvalue weighted by Crippen LogP contribution is 2.37. The van der Waals surface area contributed by atoms with Crippen molar-refractivity contribution >= 4 is 5.95 Å². The Morgan fingerprint density at radius 3 is 2.90 bits per heavy atom. The van der Waals surface area contributed by atoms with Gasteiger partial charge in [0.05, 0.1) is 5.69 Å². The van der Waals surface area contributed by atoms with Crippen molar-refractivity contribution in [2.24, 2.45) is 0 Å². The molecule has 0 saturated heterocycles. The van der Waals surface area contributed by atoms with E-state index < -0.39 is 0 Å². The molecule has 3 rings (SSSR count). The van der Waals surface area contributed by atoms with E-state index in [2.05, 4.69) is 46.5 Å². The molecule has 2 aromatic rings. The van der Waals surface area contributed by atoms with Gasteiger partial charge in [0, 0.05) is 18.3 Å². The SMILES string of the molecule is CCCNc1nccc(-c2cccc(C3CCC3)c2)n1. The number of hydrogen-bond acceptors (Lipinski definition) is 3. The quantitative estimate of drug-likeness (QED) is 0.880. The van der Waals surface area contributed by atoms with Crippen LogP contribution >= 0.6 is 0 Å². The van der Waals surface area contributed by atoms with Crippen LogP contribution < -0.4 is 5.32 Å². The van der Waals surface area contributed by atoms with E-state index in [9.17, 15) is 0 Å². The summed E-state index contributed by atoms with van der Waals surface area (Å²) in [6.07, 6.45) is 6.93. The molecule has 0 spiro atoms. The van der Waals surface area contributed by atoms with Crippen molar-refractivity contribution in [1.29, 1.82) is 0 Å². The molecule has 0 aliphatic heterocycles. The van der Waals surface area contributed by atoms with Gasteiger partial charge in [-0.1, -0.05) is 31.5 Å². The van der Waals surface area contributed by atoms with Crippen LogP contribution in [0.5, 0.6) is 0 Å². The maximum atomic E-state index is 4.60. The monoisotopic (exact) mass is 267 g/mol. The van der Waals surface area contributed by atoms with Crippen molar-refractivity contribution in [3.05, 3.63) is 42.1 Å². The van der Waals surface area contributed by atoms with Crippen molar-refractivity contribution in [1.82, 2.24) is 9.97 Å². The maximum Gasteiger partial charge on any atom is 0.223 e. The third-order valence-corrected chi connectivity index (χ3v) is 3.95. The van der Waals surface area contributed by atoms with Crippen molar-refractivity contribution < 1.29 is 0 Å². The van der Waals surface area contributed by atoms with Gasteiger partial charge in [-0.25, -0.2) is 9.97 Å². The highest BCUT2D eigenvalue weighted by Gasteiger charge is 2.19. The Bertz CT molecular complexity index is 576. The summed E-state index contributed by atoms with van der Waals surface area (Å²) in [6, 6.07) is 10.8. The summed E-state index contributed by atoms with van der Waals surface area (Å²) in [7, 11) is 0. The second kappa shape index (κ2) is 6.04. The van der Waals surface area contributed by atoms with Gasteiger partial charge in [0.25, 0.3) is 0 Å². The molecule has 1 fully saturated rings. The zero-order valence-electron chi connectivity index (χ0n) is 12.0. The lowest BCUT2D eigenvalue weighted by Crippen LogP contribution is -2.08. The first-order valence-electron chi connectivity index (χ1n) is 7.54. The van der Waals surface area contributed by atoms with Crippen molar-refractivity contribution in [3.63, 3.8) is 0 Å². The van der Waals surface area contributed by atoms with E-state index in [0.717, 1.165) is 30.5 Å². The number of nitrogens with one attached hydrogen (secondary N) is 1. The second-order valence-corrected chi connectivity index (χ2v) is 5.45. The highest BCUT2D eigenvalue weighted by molar-refractivity contribution is 5.61. The van der Waals surface area contributed by atoms with Gasteiger partial charge in [0.2, 0.25) is 5.95 Å². The number of rotatable bonds is 5. The predicted molar refractivity (Wildman–Crippen MR) is 82.8 cm³/mol. The molecule has 3 nitrogen and oxygen atoms in total. The molecule has 1 aliphatic carbocycles. The molecule has 1 saturated carbocycles. The summed E-state index contributed by atoms with van der Waals surface area (Å²) in [5, 5.41) is 3.24. The van der Waals surface area contributed by atoms with Gasteiger partial charge >= 0.3 is 0 Å². The van der Waals surface area contributed by atoms with Crippen LogP contribution in [0.2, 0.25) is 0 Å². The molecule has 0 unspecified atom stereocenters. The summed E-state index contributed by atoms with van der Waals surface area (Å²) < 4.78 is 0. The number of anilines is 1. The third-order valence-electron chi connectivity index (χ3n) is 3.95. The minimum atomic E-state index is 0.721. The summed E-state index contributed by atoms with van der Waals surface area (Å²) in [5.74, 6) is 1.48. The lowest BCUT2D eigenvalue weighted by atomic mass is 9.79. The molecule has 1 N–H and O–H groups in total. The van der Waals surface area contributed by atoms with Crippen LogP contribution in [-0.2, 0) is 0 Å². The number of nitrogens with zero attached hydrogens (tertiary/aromatic N) is 2. The zero-order valence-corrected chi connectivity index (χ0v) is 12.0. The van der Waals surface area contributed by atoms with Gasteiger partial charge in [-0.2, -0.15) is 0 Å². The van der Waals surface area contributed by atoms with Gasteiger partial charge < -0.3 is 5.32 Å². The van der Waals surface area contributed by atoms with E-state index in [1.54, 1.807) is 0 Å². The van der Waals surface area contributed by atoms with E-state index in [0.29, 0.717) is 0 Å². The first kappa shape index (κ1) is 13.1. The minimum absolute atomic E-state index is 0.721. The molecule has 1 aromatic carbocycles. The predicted octanol–water partition coefficient (Wildman–Crippen LogP) is 4.23. The summed E-state index contributed by atoms with van der Waals surface area (Å²) in [5.41, 5.74) is 3.64. The normalized spacial score (nSPS) is 14.8. The molecule has 0 bridgehead atoms. The van der Waals surface area contributed by atoms with Gasteiger partial charge in [0.1, 0.15) is 0 Å². The Labute approximate surface area is 120 Å². The number of benzene rings is 1. The molecular weight excluding hydrogens is 246 g/mol. The average Bonchev–Trinajstić information content (AvgIpc) is 2.44. The van der Waals surface area contributed by atoms with Crippen LogP contribution in [-0.4, -0.2) is 16.5 Å². The Kier molecular flexibility index (Phi) is 3.95. The zero-order chi connectivity index (χ0) is 13.8. The van der Waals surface area contributed by atoms with Gasteiger partial charge in [-0.15, -0.1) is 0 Å². The van der Waals surface area contributed by atoms with Crippen molar-refractivity contribution in [2.75, 3.05) is 11.9 Å². The van der Waals surface area contributed by atoms with E-state index >= 15 is 0 Å². The first-order chi connectivity index (χ1) is 9.86. The number of aromatic nitrogens is 2. The minimum Gasteiger partial charge on any atom is -0.354 e. The van der Waals surface area contributed by atoms with Crippen LogP contribution in [0.1, 0.15) is 44.1 Å². The molecule has 0 amide bonds. The van der Waals surface area contributed by atoms with Crippen LogP contribution in [0.4, 0.5) is 5.95 Å². The lowest BCUT2D eigenvalue weighted by Gasteiger charge is -2.26. The van der Waals surface area contributed by atoms with E-state index in [-0.39, 0.29) is 0 Å². The van der Waals surface area contributed by atoms with Crippen molar-refractivity contribution in [2.45, 2.75) is 38.5 Å². The first-order valence-corrected chi connectivity index (χ1v) is 7.54. The molecule has 104 valence electrons. The van der Waals surface area contributed by atoms with Crippen LogP contribution in [0.25, 0.3) is 11.3 Å². The summed E-state index contributed by atoms with van der Waals surface area (Å²) in [4.78, 5) is 8.87. The van der Waals surface area contributed by atoms with Crippen LogP contribution in [0.3, 0.4) is 0 Å². The molecule has 1 aliphatic rings. The highest BCUT2D eigenvalue weighted by atomic mass is 15.1. The number of hydrogen-bond donors (Lipinski definition) is 1. The van der Waals surface area contributed by atoms with Gasteiger partial charge in [0.15, 0.2) is 0 Å². The van der Waals surface area contributed by atoms with E-state index in [4.69, 9.17) is 0 Å². The fourth-order valence-electron chi connectivity index (χ4n) is 2.53. The molecular formula is C17H21N3. The third kappa shape index (κ3) is 2.82. The van der Waals surface area contributed by atoms with Gasteiger partial charge in [-0.3, -0.25) is 0 Å². The van der Waals surface area contributed by atoms with Crippen molar-refractivity contribution in [3.8, 4) is 11.3 Å². The molecule has 20 heavy (non-hydrogen) atoms.